The molecule has 1 saturated carbocycles. The predicted octanol–water partition coefficient (Wildman–Crippen LogP) is 5.95. The van der Waals surface area contributed by atoms with Crippen molar-refractivity contribution in [2.45, 2.75) is 63.5 Å². The van der Waals surface area contributed by atoms with Crippen LogP contribution in [0.1, 0.15) is 77.3 Å². The highest BCUT2D eigenvalue weighted by Gasteiger charge is 2.30. The Morgan fingerprint density at radius 1 is 1.03 bits per heavy atom. The molecule has 1 aliphatic carbocycles. The van der Waals surface area contributed by atoms with Crippen LogP contribution in [0.25, 0.3) is 0 Å². The van der Waals surface area contributed by atoms with E-state index in [-0.39, 0.29) is 18.1 Å². The number of halogens is 2. The highest BCUT2D eigenvalue weighted by Crippen LogP contribution is 2.38. The zero-order valence-corrected chi connectivity index (χ0v) is 21.1. The molecule has 1 aliphatic heterocycles. The topological polar surface area (TPSA) is 69.9 Å². The Kier molecular flexibility index (Phi) is 7.96. The fraction of sp³-hybridized carbons (Fsp3) is 0.367. The minimum atomic E-state index is -0.916. The van der Waals surface area contributed by atoms with Gasteiger partial charge < -0.3 is 14.1 Å². The molecule has 2 aliphatic rings. The average molecular weight is 521 g/mol. The minimum absolute atomic E-state index is 0.0571. The molecule has 1 unspecified atom stereocenters. The van der Waals surface area contributed by atoms with Gasteiger partial charge in [0.05, 0.1) is 18.5 Å². The number of carbonyl (C=O) groups is 2. The molecule has 5 rings (SSSR count). The summed E-state index contributed by atoms with van der Waals surface area (Å²) in [5, 5.41) is 4.09. The first-order chi connectivity index (χ1) is 18.5. The second-order valence-corrected chi connectivity index (χ2v) is 9.88. The summed E-state index contributed by atoms with van der Waals surface area (Å²) in [5.74, 6) is -2.08. The van der Waals surface area contributed by atoms with Crippen molar-refractivity contribution in [3.05, 3.63) is 94.3 Å². The second kappa shape index (κ2) is 11.7. The van der Waals surface area contributed by atoms with Crippen molar-refractivity contribution in [2.75, 3.05) is 6.61 Å². The molecule has 0 radical (unpaired) electrons. The molecule has 1 saturated heterocycles. The van der Waals surface area contributed by atoms with Crippen LogP contribution in [0.15, 0.2) is 59.8 Å². The van der Waals surface area contributed by atoms with Crippen LogP contribution in [0, 0.1) is 11.6 Å². The quantitative estimate of drug-likeness (QED) is 0.143. The van der Waals surface area contributed by atoms with Crippen LogP contribution < -0.4 is 0 Å². The molecular weight excluding hydrogens is 490 g/mol. The van der Waals surface area contributed by atoms with E-state index in [1.54, 1.807) is 6.21 Å². The largest absolute Gasteiger partial charge is 0.463 e. The third-order valence-electron chi connectivity index (χ3n) is 7.28. The molecule has 6 nitrogen and oxygen atoms in total. The molecular formula is C30H30F2N2O4. The molecule has 2 fully saturated rings. The number of aryl methyl sites for hydroxylation is 1. The van der Waals surface area contributed by atoms with E-state index in [9.17, 15) is 18.4 Å². The van der Waals surface area contributed by atoms with Crippen LogP contribution in [0.2, 0.25) is 0 Å². The fourth-order valence-corrected chi connectivity index (χ4v) is 5.32. The SMILES string of the molecule is O=C(CCc1ccc(F)c(F)c1)c1cc(/C=N\OC2CCOC2=O)n(Cc2ccccc2)c1C1CCCC1. The number of hydrogen-bond acceptors (Lipinski definition) is 5. The van der Waals surface area contributed by atoms with E-state index in [2.05, 4.69) is 9.72 Å². The van der Waals surface area contributed by atoms with Gasteiger partial charge in [-0.3, -0.25) is 4.79 Å². The van der Waals surface area contributed by atoms with Crippen molar-refractivity contribution in [3.8, 4) is 0 Å². The Hall–Kier alpha value is -3.81. The minimum Gasteiger partial charge on any atom is -0.463 e. The molecule has 0 N–H and O–H groups in total. The van der Waals surface area contributed by atoms with Crippen molar-refractivity contribution in [1.29, 1.82) is 0 Å². The third-order valence-corrected chi connectivity index (χ3v) is 7.28. The van der Waals surface area contributed by atoms with E-state index < -0.39 is 23.7 Å². The molecule has 3 aromatic rings. The average Bonchev–Trinajstić information content (AvgIpc) is 3.67. The zero-order chi connectivity index (χ0) is 26.5. The number of carbonyl (C=O) groups excluding carboxylic acids is 2. The second-order valence-electron chi connectivity index (χ2n) is 9.88. The van der Waals surface area contributed by atoms with E-state index in [1.165, 1.54) is 6.07 Å². The zero-order valence-electron chi connectivity index (χ0n) is 21.1. The van der Waals surface area contributed by atoms with Gasteiger partial charge in [-0.2, -0.15) is 0 Å². The highest BCUT2D eigenvalue weighted by molar-refractivity contribution is 5.99. The van der Waals surface area contributed by atoms with Gasteiger partial charge in [-0.05, 0) is 54.5 Å². The van der Waals surface area contributed by atoms with E-state index >= 15 is 0 Å². The van der Waals surface area contributed by atoms with E-state index in [4.69, 9.17) is 9.57 Å². The lowest BCUT2D eigenvalue weighted by molar-refractivity contribution is -0.147. The summed E-state index contributed by atoms with van der Waals surface area (Å²) in [6.45, 7) is 0.863. The number of oxime groups is 1. The van der Waals surface area contributed by atoms with Gasteiger partial charge in [0, 0.05) is 30.6 Å². The number of nitrogens with zero attached hydrogens (tertiary/aromatic N) is 2. The van der Waals surface area contributed by atoms with Crippen LogP contribution in [-0.4, -0.2) is 35.2 Å². The Morgan fingerprint density at radius 3 is 2.53 bits per heavy atom. The van der Waals surface area contributed by atoms with Crippen molar-refractivity contribution in [2.24, 2.45) is 5.16 Å². The summed E-state index contributed by atoms with van der Waals surface area (Å²) in [4.78, 5) is 30.7. The fourth-order valence-electron chi connectivity index (χ4n) is 5.32. The lowest BCUT2D eigenvalue weighted by Crippen LogP contribution is -2.16. The summed E-state index contributed by atoms with van der Waals surface area (Å²) in [6.07, 6.45) is 5.92. The van der Waals surface area contributed by atoms with Crippen LogP contribution in [-0.2, 0) is 27.3 Å². The standard InChI is InChI=1S/C30H30F2N2O4/c31-25-12-10-20(16-26(25)32)11-13-27(35)24-17-23(18-33-38-28-14-15-37-30(28)36)34(19-21-6-2-1-3-7-21)29(24)22-8-4-5-9-22/h1-3,6-7,10,12,16-18,22,28H,4-5,8-9,11,13-15,19H2/b33-18-. The van der Waals surface area contributed by atoms with Crippen LogP contribution in [0.4, 0.5) is 8.78 Å². The number of Topliss-reactive ketones (excluding diaryl/α,β-unsaturated/α-hetero) is 1. The van der Waals surface area contributed by atoms with Crippen molar-refractivity contribution in [3.63, 3.8) is 0 Å². The van der Waals surface area contributed by atoms with E-state index in [0.29, 0.717) is 42.8 Å². The molecule has 0 amide bonds. The number of rotatable bonds is 10. The lowest BCUT2D eigenvalue weighted by atomic mass is 9.95. The Balaban J connectivity index is 1.47. The molecule has 0 spiro atoms. The summed E-state index contributed by atoms with van der Waals surface area (Å²) < 4.78 is 34.1. The highest BCUT2D eigenvalue weighted by atomic mass is 19.2. The van der Waals surface area contributed by atoms with Crippen LogP contribution in [0.5, 0.6) is 0 Å². The Labute approximate surface area is 220 Å². The number of aromatic nitrogens is 1. The van der Waals surface area contributed by atoms with Gasteiger partial charge in [-0.15, -0.1) is 0 Å². The van der Waals surface area contributed by atoms with Gasteiger partial charge in [-0.25, -0.2) is 13.6 Å². The van der Waals surface area contributed by atoms with Gasteiger partial charge in [0.2, 0.25) is 6.10 Å². The van der Waals surface area contributed by atoms with Gasteiger partial charge in [0.25, 0.3) is 0 Å². The summed E-state index contributed by atoms with van der Waals surface area (Å²) in [5.41, 5.74) is 3.96. The summed E-state index contributed by atoms with van der Waals surface area (Å²) >= 11 is 0. The number of benzene rings is 2. The smallest absolute Gasteiger partial charge is 0.350 e. The van der Waals surface area contributed by atoms with Crippen LogP contribution >= 0.6 is 0 Å². The molecule has 0 bridgehead atoms. The molecule has 2 heterocycles. The first-order valence-corrected chi connectivity index (χ1v) is 13.1. The first-order valence-electron chi connectivity index (χ1n) is 13.1. The van der Waals surface area contributed by atoms with Gasteiger partial charge in [-0.1, -0.05) is 54.4 Å². The monoisotopic (exact) mass is 520 g/mol. The molecule has 2 aromatic carbocycles. The first kappa shape index (κ1) is 25.8. The third kappa shape index (κ3) is 5.85. The normalized spacial score (nSPS) is 17.8. The van der Waals surface area contributed by atoms with Crippen molar-refractivity contribution >= 4 is 18.0 Å². The lowest BCUT2D eigenvalue weighted by Gasteiger charge is -2.18. The van der Waals surface area contributed by atoms with E-state index in [0.717, 1.165) is 49.1 Å². The Bertz CT molecular complexity index is 1330. The summed E-state index contributed by atoms with van der Waals surface area (Å²) in [6, 6.07) is 15.6. The number of hydrogen-bond donors (Lipinski definition) is 0. The molecule has 198 valence electrons. The molecule has 1 atom stereocenters. The van der Waals surface area contributed by atoms with Crippen molar-refractivity contribution in [1.82, 2.24) is 4.57 Å². The number of esters is 1. The maximum Gasteiger partial charge on any atom is 0.350 e. The maximum absolute atomic E-state index is 13.7. The number of cyclic esters (lactones) is 1. The van der Waals surface area contributed by atoms with Crippen LogP contribution in [0.3, 0.4) is 0 Å². The Morgan fingerprint density at radius 2 is 1.82 bits per heavy atom. The summed E-state index contributed by atoms with van der Waals surface area (Å²) in [7, 11) is 0. The molecule has 1 aromatic heterocycles. The predicted molar refractivity (Wildman–Crippen MR) is 138 cm³/mol. The van der Waals surface area contributed by atoms with Gasteiger partial charge in [0.15, 0.2) is 17.4 Å². The maximum atomic E-state index is 13.7. The van der Waals surface area contributed by atoms with Gasteiger partial charge in [0.1, 0.15) is 0 Å². The van der Waals surface area contributed by atoms with E-state index in [1.807, 2.05) is 36.4 Å². The number of ketones is 1. The number of ether oxygens (including phenoxy) is 1. The van der Waals surface area contributed by atoms with Gasteiger partial charge >= 0.3 is 5.97 Å². The molecule has 8 heteroatoms. The van der Waals surface area contributed by atoms with Crippen molar-refractivity contribution < 1.29 is 27.9 Å². The molecule has 38 heavy (non-hydrogen) atoms.